The van der Waals surface area contributed by atoms with Crippen LogP contribution in [0.25, 0.3) is 10.9 Å². The fourth-order valence-corrected chi connectivity index (χ4v) is 2.91. The predicted octanol–water partition coefficient (Wildman–Crippen LogP) is 3.35. The van der Waals surface area contributed by atoms with Gasteiger partial charge >= 0.3 is 0 Å². The minimum absolute atomic E-state index is 0.318. The molecule has 4 aromatic rings. The Morgan fingerprint density at radius 2 is 1.76 bits per heavy atom. The van der Waals surface area contributed by atoms with Crippen LogP contribution in [0.15, 0.2) is 54.6 Å². The summed E-state index contributed by atoms with van der Waals surface area (Å²) in [6.07, 6.45) is 1.53. The number of ether oxygens (including phenoxy) is 3. The van der Waals surface area contributed by atoms with Gasteiger partial charge in [0.25, 0.3) is 0 Å². The zero-order chi connectivity index (χ0) is 19.9. The fraction of sp³-hybridized carbons (Fsp3) is 0.238. The van der Waals surface area contributed by atoms with Crippen LogP contribution in [0.3, 0.4) is 0 Å². The number of H-pyrrole nitrogens is 1. The number of hydrogen-bond donors (Lipinski definition) is 1. The van der Waals surface area contributed by atoms with Crippen molar-refractivity contribution >= 4 is 10.9 Å². The smallest absolute Gasteiger partial charge is 0.174 e. The van der Waals surface area contributed by atoms with Crippen LogP contribution in [0.4, 0.5) is 0 Å². The number of para-hydroxylation sites is 1. The summed E-state index contributed by atoms with van der Waals surface area (Å²) in [6.45, 7) is 0.895. The van der Waals surface area contributed by atoms with Gasteiger partial charge in [-0.25, -0.2) is 4.98 Å². The lowest BCUT2D eigenvalue weighted by molar-refractivity contribution is 0.288. The molecule has 0 bridgehead atoms. The van der Waals surface area contributed by atoms with E-state index in [2.05, 4.69) is 25.6 Å². The lowest BCUT2D eigenvalue weighted by Crippen LogP contribution is -2.02. The van der Waals surface area contributed by atoms with Gasteiger partial charge in [0.2, 0.25) is 0 Å². The highest BCUT2D eigenvalue weighted by molar-refractivity contribution is 5.80. The van der Waals surface area contributed by atoms with Crippen molar-refractivity contribution in [1.82, 2.24) is 25.6 Å². The van der Waals surface area contributed by atoms with Crippen molar-refractivity contribution in [1.29, 1.82) is 0 Å². The van der Waals surface area contributed by atoms with Crippen LogP contribution in [0.2, 0.25) is 0 Å². The second kappa shape index (κ2) is 9.01. The molecule has 0 spiro atoms. The Hall–Kier alpha value is -3.68. The number of benzene rings is 2. The normalized spacial score (nSPS) is 10.8. The van der Waals surface area contributed by atoms with Crippen molar-refractivity contribution in [3.05, 3.63) is 66.1 Å². The van der Waals surface area contributed by atoms with Gasteiger partial charge in [0.05, 0.1) is 19.2 Å². The lowest BCUT2D eigenvalue weighted by atomic mass is 10.2. The number of hydrogen-bond acceptors (Lipinski definition) is 7. The average molecular weight is 391 g/mol. The highest BCUT2D eigenvalue weighted by Gasteiger charge is 2.08. The van der Waals surface area contributed by atoms with E-state index in [4.69, 9.17) is 14.2 Å². The first-order valence-electron chi connectivity index (χ1n) is 9.32. The zero-order valence-electron chi connectivity index (χ0n) is 16.0. The molecule has 2 aromatic heterocycles. The van der Waals surface area contributed by atoms with Gasteiger partial charge in [-0.2, -0.15) is 5.21 Å². The number of aromatic amines is 1. The van der Waals surface area contributed by atoms with Crippen LogP contribution in [0.1, 0.15) is 17.9 Å². The molecule has 0 aliphatic carbocycles. The number of aryl methyl sites for hydroxylation is 1. The third-order valence-electron chi connectivity index (χ3n) is 4.39. The highest BCUT2D eigenvalue weighted by atomic mass is 16.5. The lowest BCUT2D eigenvalue weighted by Gasteiger charge is -2.11. The summed E-state index contributed by atoms with van der Waals surface area (Å²) in [5.74, 6) is 2.92. The summed E-state index contributed by atoms with van der Waals surface area (Å²) in [5, 5.41) is 14.8. The Morgan fingerprint density at radius 3 is 2.52 bits per heavy atom. The maximum absolute atomic E-state index is 5.89. The second-order valence-corrected chi connectivity index (χ2v) is 6.37. The van der Waals surface area contributed by atoms with E-state index in [1.165, 1.54) is 0 Å². The molecule has 0 saturated carbocycles. The molecular weight excluding hydrogens is 370 g/mol. The molecule has 8 nitrogen and oxygen atoms in total. The maximum atomic E-state index is 5.89. The molecule has 148 valence electrons. The average Bonchev–Trinajstić information content (AvgIpc) is 3.29. The van der Waals surface area contributed by atoms with Crippen LogP contribution < -0.4 is 14.2 Å². The van der Waals surface area contributed by atoms with Crippen molar-refractivity contribution in [2.45, 2.75) is 19.4 Å². The van der Waals surface area contributed by atoms with Crippen LogP contribution >= 0.6 is 0 Å². The molecule has 0 aliphatic heterocycles. The van der Waals surface area contributed by atoms with Crippen LogP contribution in [0, 0.1) is 0 Å². The molecular formula is C21H21N5O3. The van der Waals surface area contributed by atoms with Crippen molar-refractivity contribution in [2.75, 3.05) is 13.7 Å². The molecule has 0 fully saturated rings. The number of aromatic nitrogens is 5. The first-order chi connectivity index (χ1) is 14.3. The molecule has 29 heavy (non-hydrogen) atoms. The Kier molecular flexibility index (Phi) is 5.80. The van der Waals surface area contributed by atoms with E-state index in [9.17, 15) is 0 Å². The van der Waals surface area contributed by atoms with Crippen molar-refractivity contribution in [3.8, 4) is 17.2 Å². The van der Waals surface area contributed by atoms with Crippen molar-refractivity contribution in [2.24, 2.45) is 0 Å². The topological polar surface area (TPSA) is 95.0 Å². The summed E-state index contributed by atoms with van der Waals surface area (Å²) in [5.41, 5.74) is 1.67. The highest BCUT2D eigenvalue weighted by Crippen LogP contribution is 2.25. The van der Waals surface area contributed by atoms with E-state index in [1.807, 2.05) is 54.6 Å². The summed E-state index contributed by atoms with van der Waals surface area (Å²) in [6, 6.07) is 17.4. The van der Waals surface area contributed by atoms with E-state index in [1.54, 1.807) is 7.11 Å². The predicted molar refractivity (Wildman–Crippen MR) is 107 cm³/mol. The molecule has 2 aromatic carbocycles. The molecule has 4 rings (SSSR count). The minimum Gasteiger partial charge on any atom is -0.495 e. The maximum Gasteiger partial charge on any atom is 0.174 e. The minimum atomic E-state index is 0.318. The number of methoxy groups -OCH3 is 1. The number of rotatable bonds is 9. The zero-order valence-corrected chi connectivity index (χ0v) is 16.0. The first kappa shape index (κ1) is 18.7. The van der Waals surface area contributed by atoms with Gasteiger partial charge in [-0.15, -0.1) is 10.2 Å². The second-order valence-electron chi connectivity index (χ2n) is 6.37. The molecule has 1 N–H and O–H groups in total. The SMILES string of the molecule is COc1cc2ccccc2nc1COc1ccc(OCCCc2nn[nH]n2)cc1. The fourth-order valence-electron chi connectivity index (χ4n) is 2.91. The third kappa shape index (κ3) is 4.78. The van der Waals surface area contributed by atoms with Gasteiger partial charge in [-0.3, -0.25) is 0 Å². The number of nitrogens with one attached hydrogen (secondary N) is 1. The van der Waals surface area contributed by atoms with Gasteiger partial charge in [-0.05, 0) is 42.8 Å². The van der Waals surface area contributed by atoms with Crippen molar-refractivity contribution < 1.29 is 14.2 Å². The summed E-state index contributed by atoms with van der Waals surface area (Å²) < 4.78 is 17.1. The van der Waals surface area contributed by atoms with E-state index >= 15 is 0 Å². The molecule has 8 heteroatoms. The molecule has 2 heterocycles. The molecule has 0 amide bonds. The van der Waals surface area contributed by atoms with Gasteiger partial charge in [0.15, 0.2) is 5.82 Å². The van der Waals surface area contributed by atoms with E-state index in [0.717, 1.165) is 40.9 Å². The molecule has 0 saturated heterocycles. The Bertz CT molecular complexity index is 1050. The van der Waals surface area contributed by atoms with Crippen LogP contribution in [-0.4, -0.2) is 39.3 Å². The number of fused-ring (bicyclic) bond motifs is 1. The third-order valence-corrected chi connectivity index (χ3v) is 4.39. The van der Waals surface area contributed by atoms with E-state index in [0.29, 0.717) is 24.8 Å². The number of pyridine rings is 1. The number of nitrogens with zero attached hydrogens (tertiary/aromatic N) is 4. The van der Waals surface area contributed by atoms with Gasteiger partial charge in [0.1, 0.15) is 29.5 Å². The van der Waals surface area contributed by atoms with Crippen LogP contribution in [0.5, 0.6) is 17.2 Å². The summed E-state index contributed by atoms with van der Waals surface area (Å²) in [4.78, 5) is 4.66. The Labute approximate surface area is 167 Å². The van der Waals surface area contributed by atoms with Crippen LogP contribution in [-0.2, 0) is 13.0 Å². The summed E-state index contributed by atoms with van der Waals surface area (Å²) in [7, 11) is 1.64. The Balaban J connectivity index is 1.31. The quantitative estimate of drug-likeness (QED) is 0.437. The number of tetrazole rings is 1. The van der Waals surface area contributed by atoms with E-state index in [-0.39, 0.29) is 0 Å². The molecule has 0 atom stereocenters. The van der Waals surface area contributed by atoms with E-state index < -0.39 is 0 Å². The Morgan fingerprint density at radius 1 is 0.966 bits per heavy atom. The van der Waals surface area contributed by atoms with Gasteiger partial charge < -0.3 is 14.2 Å². The largest absolute Gasteiger partial charge is 0.495 e. The first-order valence-corrected chi connectivity index (χ1v) is 9.32. The molecule has 0 aliphatic rings. The van der Waals surface area contributed by atoms with Gasteiger partial charge in [0, 0.05) is 11.8 Å². The monoisotopic (exact) mass is 391 g/mol. The van der Waals surface area contributed by atoms with Gasteiger partial charge in [-0.1, -0.05) is 23.4 Å². The standard InChI is InChI=1S/C21H21N5O3/c1-27-20-13-15-5-2-3-6-18(15)22-19(20)14-29-17-10-8-16(9-11-17)28-12-4-7-21-23-25-26-24-21/h2-3,5-6,8-11,13H,4,7,12,14H2,1H3,(H,23,24,25,26). The molecule has 0 unspecified atom stereocenters. The molecule has 0 radical (unpaired) electrons. The van der Waals surface area contributed by atoms with Crippen molar-refractivity contribution in [3.63, 3.8) is 0 Å². The summed E-state index contributed by atoms with van der Waals surface area (Å²) >= 11 is 0.